The van der Waals surface area contributed by atoms with Crippen molar-refractivity contribution in [3.63, 3.8) is 0 Å². The summed E-state index contributed by atoms with van der Waals surface area (Å²) in [5.74, 6) is 6.69. The second-order valence-corrected chi connectivity index (χ2v) is 5.79. The molecular weight excluding hydrogens is 226 g/mol. The Kier molecular flexibility index (Phi) is 3.71. The van der Waals surface area contributed by atoms with Gasteiger partial charge >= 0.3 is 0 Å². The van der Waals surface area contributed by atoms with Gasteiger partial charge in [0.25, 0.3) is 0 Å². The standard InChI is InChI=1S/C13H23N5/c1-9-8-11(17-12(15-9)18-14)16-10-6-4-5-7-13(10,2)3/h8,10H,4-7,14H2,1-3H3,(H2,15,16,17,18). The fraction of sp³-hybridized carbons (Fsp3) is 0.692. The van der Waals surface area contributed by atoms with Crippen molar-refractivity contribution < 1.29 is 0 Å². The van der Waals surface area contributed by atoms with E-state index in [1.165, 1.54) is 25.7 Å². The number of nitrogen functional groups attached to an aromatic ring is 1. The number of anilines is 2. The highest BCUT2D eigenvalue weighted by molar-refractivity contribution is 5.42. The fourth-order valence-corrected chi connectivity index (χ4v) is 2.65. The van der Waals surface area contributed by atoms with Gasteiger partial charge in [-0.1, -0.05) is 26.7 Å². The molecule has 0 saturated heterocycles. The molecule has 1 unspecified atom stereocenters. The third-order valence-electron chi connectivity index (χ3n) is 3.81. The molecule has 1 atom stereocenters. The molecule has 0 bridgehead atoms. The predicted molar refractivity (Wildman–Crippen MR) is 74.2 cm³/mol. The number of nitrogens with two attached hydrogens (primary N) is 1. The molecule has 1 aliphatic carbocycles. The summed E-state index contributed by atoms with van der Waals surface area (Å²) in [6.07, 6.45) is 5.06. The van der Waals surface area contributed by atoms with E-state index in [1.54, 1.807) is 0 Å². The van der Waals surface area contributed by atoms with Crippen molar-refractivity contribution in [3.05, 3.63) is 11.8 Å². The summed E-state index contributed by atoms with van der Waals surface area (Å²) in [4.78, 5) is 8.55. The van der Waals surface area contributed by atoms with Gasteiger partial charge in [0.1, 0.15) is 5.82 Å². The zero-order valence-corrected chi connectivity index (χ0v) is 11.5. The Balaban J connectivity index is 2.15. The largest absolute Gasteiger partial charge is 0.367 e. The Labute approximate surface area is 109 Å². The van der Waals surface area contributed by atoms with E-state index in [2.05, 4.69) is 34.6 Å². The van der Waals surface area contributed by atoms with E-state index >= 15 is 0 Å². The highest BCUT2D eigenvalue weighted by atomic mass is 15.3. The summed E-state index contributed by atoms with van der Waals surface area (Å²) >= 11 is 0. The van der Waals surface area contributed by atoms with Crippen molar-refractivity contribution in [3.8, 4) is 0 Å². The zero-order valence-electron chi connectivity index (χ0n) is 11.5. The predicted octanol–water partition coefficient (Wildman–Crippen LogP) is 2.45. The molecule has 1 fully saturated rings. The Bertz CT molecular complexity index is 416. The summed E-state index contributed by atoms with van der Waals surface area (Å²) in [7, 11) is 0. The maximum Gasteiger partial charge on any atom is 0.239 e. The first kappa shape index (κ1) is 13.1. The van der Waals surface area contributed by atoms with Gasteiger partial charge in [0, 0.05) is 17.8 Å². The molecule has 18 heavy (non-hydrogen) atoms. The molecule has 0 amide bonds. The maximum absolute atomic E-state index is 5.37. The topological polar surface area (TPSA) is 75.9 Å². The average Bonchev–Trinajstić information content (AvgIpc) is 2.31. The summed E-state index contributed by atoms with van der Waals surface area (Å²) in [6, 6.07) is 2.43. The number of nitrogens with one attached hydrogen (secondary N) is 2. The number of hydrogen-bond donors (Lipinski definition) is 3. The molecule has 1 heterocycles. The monoisotopic (exact) mass is 249 g/mol. The van der Waals surface area contributed by atoms with Crippen LogP contribution in [0, 0.1) is 12.3 Å². The minimum atomic E-state index is 0.313. The van der Waals surface area contributed by atoms with Crippen LogP contribution in [0.5, 0.6) is 0 Å². The van der Waals surface area contributed by atoms with Crippen LogP contribution in [0.15, 0.2) is 6.07 Å². The Hall–Kier alpha value is -1.36. The summed E-state index contributed by atoms with van der Waals surface area (Å²) in [6.45, 7) is 6.58. The van der Waals surface area contributed by atoms with Gasteiger partial charge in [-0.25, -0.2) is 10.8 Å². The number of nitrogens with zero attached hydrogens (tertiary/aromatic N) is 2. The van der Waals surface area contributed by atoms with E-state index < -0.39 is 0 Å². The van der Waals surface area contributed by atoms with Crippen LogP contribution < -0.4 is 16.6 Å². The van der Waals surface area contributed by atoms with Crippen LogP contribution in [0.25, 0.3) is 0 Å². The van der Waals surface area contributed by atoms with E-state index in [0.717, 1.165) is 11.5 Å². The number of aryl methyl sites for hydroxylation is 1. The quantitative estimate of drug-likeness (QED) is 0.566. The Morgan fingerprint density at radius 2 is 2.11 bits per heavy atom. The minimum absolute atomic E-state index is 0.313. The second kappa shape index (κ2) is 5.10. The van der Waals surface area contributed by atoms with Gasteiger partial charge in [0.05, 0.1) is 0 Å². The van der Waals surface area contributed by atoms with Crippen molar-refractivity contribution >= 4 is 11.8 Å². The van der Waals surface area contributed by atoms with Gasteiger partial charge in [0.15, 0.2) is 0 Å². The first-order valence-electron chi connectivity index (χ1n) is 6.60. The number of hydrogen-bond acceptors (Lipinski definition) is 5. The van der Waals surface area contributed by atoms with E-state index in [1.807, 2.05) is 13.0 Å². The minimum Gasteiger partial charge on any atom is -0.367 e. The summed E-state index contributed by atoms with van der Waals surface area (Å²) in [5.41, 5.74) is 3.73. The second-order valence-electron chi connectivity index (χ2n) is 5.79. The van der Waals surface area contributed by atoms with Gasteiger partial charge in [-0.05, 0) is 25.2 Å². The first-order chi connectivity index (χ1) is 8.51. The average molecular weight is 249 g/mol. The third-order valence-corrected chi connectivity index (χ3v) is 3.81. The first-order valence-corrected chi connectivity index (χ1v) is 6.60. The van der Waals surface area contributed by atoms with Crippen LogP contribution in [0.2, 0.25) is 0 Å². The molecule has 4 N–H and O–H groups in total. The highest BCUT2D eigenvalue weighted by Crippen LogP contribution is 2.37. The van der Waals surface area contributed by atoms with Gasteiger partial charge in [-0.15, -0.1) is 0 Å². The maximum atomic E-state index is 5.37. The van der Waals surface area contributed by atoms with Crippen LogP contribution >= 0.6 is 0 Å². The summed E-state index contributed by atoms with van der Waals surface area (Å²) < 4.78 is 0. The highest BCUT2D eigenvalue weighted by Gasteiger charge is 2.32. The lowest BCUT2D eigenvalue weighted by Gasteiger charge is -2.39. The number of aromatic nitrogens is 2. The molecule has 0 aliphatic heterocycles. The van der Waals surface area contributed by atoms with Crippen molar-refractivity contribution in [2.75, 3.05) is 10.7 Å². The molecular formula is C13H23N5. The van der Waals surface area contributed by atoms with E-state index in [0.29, 0.717) is 17.4 Å². The van der Waals surface area contributed by atoms with E-state index in [9.17, 15) is 0 Å². The molecule has 1 aliphatic rings. The fourth-order valence-electron chi connectivity index (χ4n) is 2.65. The molecule has 5 nitrogen and oxygen atoms in total. The van der Waals surface area contributed by atoms with Gasteiger partial charge < -0.3 is 5.32 Å². The van der Waals surface area contributed by atoms with Crippen molar-refractivity contribution in [1.29, 1.82) is 0 Å². The molecule has 0 aromatic carbocycles. The SMILES string of the molecule is Cc1cc(NC2CCCCC2(C)C)nc(NN)n1. The molecule has 2 rings (SSSR count). The summed E-state index contributed by atoms with van der Waals surface area (Å²) in [5, 5.41) is 3.54. The van der Waals surface area contributed by atoms with Crippen molar-refractivity contribution in [2.24, 2.45) is 11.3 Å². The smallest absolute Gasteiger partial charge is 0.239 e. The van der Waals surface area contributed by atoms with Gasteiger partial charge in [-0.3, -0.25) is 5.43 Å². The lowest BCUT2D eigenvalue weighted by molar-refractivity contribution is 0.216. The molecule has 0 radical (unpaired) electrons. The van der Waals surface area contributed by atoms with E-state index in [-0.39, 0.29) is 0 Å². The zero-order chi connectivity index (χ0) is 13.2. The molecule has 1 saturated carbocycles. The molecule has 1 aromatic heterocycles. The van der Waals surface area contributed by atoms with Gasteiger partial charge in [0.2, 0.25) is 5.95 Å². The Morgan fingerprint density at radius 1 is 1.33 bits per heavy atom. The van der Waals surface area contributed by atoms with Crippen LogP contribution in [-0.2, 0) is 0 Å². The lowest BCUT2D eigenvalue weighted by atomic mass is 9.73. The lowest BCUT2D eigenvalue weighted by Crippen LogP contribution is -2.39. The number of rotatable bonds is 3. The van der Waals surface area contributed by atoms with Gasteiger partial charge in [-0.2, -0.15) is 4.98 Å². The van der Waals surface area contributed by atoms with E-state index in [4.69, 9.17) is 5.84 Å². The van der Waals surface area contributed by atoms with Crippen molar-refractivity contribution in [1.82, 2.24) is 9.97 Å². The van der Waals surface area contributed by atoms with Crippen LogP contribution in [0.1, 0.15) is 45.2 Å². The van der Waals surface area contributed by atoms with Crippen LogP contribution in [-0.4, -0.2) is 16.0 Å². The van der Waals surface area contributed by atoms with Crippen molar-refractivity contribution in [2.45, 2.75) is 52.5 Å². The third kappa shape index (κ3) is 2.90. The van der Waals surface area contributed by atoms with Crippen LogP contribution in [0.4, 0.5) is 11.8 Å². The molecule has 100 valence electrons. The van der Waals surface area contributed by atoms with Crippen LogP contribution in [0.3, 0.4) is 0 Å². The molecule has 0 spiro atoms. The number of hydrazine groups is 1. The Morgan fingerprint density at radius 3 is 2.78 bits per heavy atom. The normalized spacial score (nSPS) is 22.6. The molecule has 5 heteroatoms. The molecule has 1 aromatic rings.